The highest BCUT2D eigenvalue weighted by Gasteiger charge is 2.34. The van der Waals surface area contributed by atoms with Crippen LogP contribution in [0, 0.1) is 21.8 Å². The summed E-state index contributed by atoms with van der Waals surface area (Å²) in [6.07, 6.45) is 1.46. The Balaban J connectivity index is 2.13. The molecule has 1 saturated carbocycles. The van der Waals surface area contributed by atoms with E-state index >= 15 is 0 Å². The van der Waals surface area contributed by atoms with Crippen molar-refractivity contribution in [2.45, 2.75) is 25.3 Å². The first kappa shape index (κ1) is 14.9. The highest BCUT2D eigenvalue weighted by molar-refractivity contribution is 5.95. The molecule has 2 N–H and O–H groups in total. The first-order valence-electron chi connectivity index (χ1n) is 6.35. The molecule has 1 aliphatic rings. The number of carbonyl (C=O) groups is 2. The third kappa shape index (κ3) is 3.74. The lowest BCUT2D eigenvalue weighted by Gasteiger charge is -2.16. The van der Waals surface area contributed by atoms with E-state index in [4.69, 9.17) is 5.11 Å². The molecule has 1 aliphatic carbocycles. The van der Waals surface area contributed by atoms with Crippen LogP contribution in [0.25, 0.3) is 0 Å². The number of halogens is 1. The second-order valence-electron chi connectivity index (χ2n) is 4.94. The highest BCUT2D eigenvalue weighted by Crippen LogP contribution is 2.34. The highest BCUT2D eigenvalue weighted by atomic mass is 19.1. The molecular formula is C13H13FN2O5. The number of amides is 1. The molecule has 1 unspecified atom stereocenters. The molecule has 8 heteroatoms. The molecule has 0 aromatic heterocycles. The van der Waals surface area contributed by atoms with Gasteiger partial charge in [0, 0.05) is 17.7 Å². The number of carboxylic acids is 1. The van der Waals surface area contributed by atoms with E-state index < -0.39 is 34.3 Å². The van der Waals surface area contributed by atoms with Gasteiger partial charge in [-0.15, -0.1) is 0 Å². The second-order valence-corrected chi connectivity index (χ2v) is 4.94. The van der Waals surface area contributed by atoms with Crippen molar-refractivity contribution in [3.05, 3.63) is 39.7 Å². The molecule has 1 aromatic carbocycles. The van der Waals surface area contributed by atoms with E-state index in [2.05, 4.69) is 5.32 Å². The van der Waals surface area contributed by atoms with Crippen LogP contribution in [0.3, 0.4) is 0 Å². The minimum absolute atomic E-state index is 0.0702. The van der Waals surface area contributed by atoms with Gasteiger partial charge in [-0.2, -0.15) is 4.39 Å². The molecule has 7 nitrogen and oxygen atoms in total. The third-order valence-corrected chi connectivity index (χ3v) is 3.31. The average molecular weight is 296 g/mol. The molecule has 1 aromatic rings. The monoisotopic (exact) mass is 296 g/mol. The lowest BCUT2D eigenvalue weighted by molar-refractivity contribution is -0.387. The van der Waals surface area contributed by atoms with Gasteiger partial charge in [-0.05, 0) is 30.9 Å². The van der Waals surface area contributed by atoms with Gasteiger partial charge in [0.25, 0.3) is 5.91 Å². The van der Waals surface area contributed by atoms with E-state index in [1.165, 1.54) is 0 Å². The molecule has 1 atom stereocenters. The van der Waals surface area contributed by atoms with Crippen molar-refractivity contribution >= 4 is 17.6 Å². The van der Waals surface area contributed by atoms with Crippen LogP contribution in [0.1, 0.15) is 29.6 Å². The lowest BCUT2D eigenvalue weighted by atomic mass is 10.1. The minimum atomic E-state index is -1.03. The topological polar surface area (TPSA) is 110 Å². The number of carbonyl (C=O) groups excluding carboxylic acids is 1. The Bertz CT molecular complexity index is 600. The van der Waals surface area contributed by atoms with E-state index in [0.717, 1.165) is 31.0 Å². The Morgan fingerprint density at radius 3 is 2.67 bits per heavy atom. The molecule has 0 radical (unpaired) electrons. The Morgan fingerprint density at radius 2 is 2.14 bits per heavy atom. The van der Waals surface area contributed by atoms with Gasteiger partial charge in [0.2, 0.25) is 5.82 Å². The Morgan fingerprint density at radius 1 is 1.48 bits per heavy atom. The Hall–Kier alpha value is -2.51. The van der Waals surface area contributed by atoms with E-state index in [1.54, 1.807) is 0 Å². The number of nitrogens with one attached hydrogen (secondary N) is 1. The van der Waals surface area contributed by atoms with Crippen LogP contribution in [0.4, 0.5) is 10.1 Å². The van der Waals surface area contributed by atoms with Gasteiger partial charge in [-0.3, -0.25) is 19.7 Å². The molecule has 1 fully saturated rings. The van der Waals surface area contributed by atoms with Crippen molar-refractivity contribution < 1.29 is 24.0 Å². The number of hydrogen-bond donors (Lipinski definition) is 2. The quantitative estimate of drug-likeness (QED) is 0.613. The van der Waals surface area contributed by atoms with Gasteiger partial charge in [0.15, 0.2) is 0 Å². The zero-order valence-electron chi connectivity index (χ0n) is 10.9. The maximum absolute atomic E-state index is 13.2. The molecule has 0 saturated heterocycles. The summed E-state index contributed by atoms with van der Waals surface area (Å²) in [5, 5.41) is 22.0. The minimum Gasteiger partial charge on any atom is -0.481 e. The van der Waals surface area contributed by atoms with Crippen LogP contribution in [0.2, 0.25) is 0 Å². The first-order valence-corrected chi connectivity index (χ1v) is 6.35. The van der Waals surface area contributed by atoms with Crippen LogP contribution >= 0.6 is 0 Å². The van der Waals surface area contributed by atoms with Crippen molar-refractivity contribution in [3.63, 3.8) is 0 Å². The fourth-order valence-corrected chi connectivity index (χ4v) is 2.07. The largest absolute Gasteiger partial charge is 0.481 e. The van der Waals surface area contributed by atoms with Crippen LogP contribution < -0.4 is 5.32 Å². The van der Waals surface area contributed by atoms with Gasteiger partial charge < -0.3 is 10.4 Å². The molecular weight excluding hydrogens is 283 g/mol. The summed E-state index contributed by atoms with van der Waals surface area (Å²) in [6, 6.07) is 2.30. The Labute approximate surface area is 118 Å². The molecule has 1 amide bonds. The number of nitrogens with zero attached hydrogens (tertiary/aromatic N) is 1. The number of carboxylic acid groups (broad SMARTS) is 1. The van der Waals surface area contributed by atoms with E-state index in [0.29, 0.717) is 0 Å². The molecule has 0 bridgehead atoms. The van der Waals surface area contributed by atoms with Crippen LogP contribution in [-0.4, -0.2) is 27.9 Å². The predicted molar refractivity (Wildman–Crippen MR) is 69.3 cm³/mol. The fourth-order valence-electron chi connectivity index (χ4n) is 2.07. The number of benzene rings is 1. The van der Waals surface area contributed by atoms with Crippen LogP contribution in [0.15, 0.2) is 18.2 Å². The standard InChI is InChI=1S/C13H13FN2O5/c14-9-4-3-8(5-11(9)16(20)21)13(19)15-10(6-12(17)18)7-1-2-7/h3-5,7,10H,1-2,6H2,(H,15,19)(H,17,18). The summed E-state index contributed by atoms with van der Waals surface area (Å²) in [5.41, 5.74) is -0.858. The van der Waals surface area contributed by atoms with Crippen molar-refractivity contribution in [1.29, 1.82) is 0 Å². The van der Waals surface area contributed by atoms with Crippen molar-refractivity contribution in [3.8, 4) is 0 Å². The molecule has 0 heterocycles. The fraction of sp³-hybridized carbons (Fsp3) is 0.385. The molecule has 0 spiro atoms. The van der Waals surface area contributed by atoms with E-state index in [-0.39, 0.29) is 17.9 Å². The van der Waals surface area contributed by atoms with E-state index in [1.807, 2.05) is 0 Å². The summed E-state index contributed by atoms with van der Waals surface area (Å²) in [5.74, 6) is -2.59. The predicted octanol–water partition coefficient (Wildman–Crippen LogP) is 1.72. The Kier molecular flexibility index (Phi) is 4.15. The van der Waals surface area contributed by atoms with Crippen molar-refractivity contribution in [2.24, 2.45) is 5.92 Å². The summed E-state index contributed by atoms with van der Waals surface area (Å²) >= 11 is 0. The number of hydrogen-bond acceptors (Lipinski definition) is 4. The van der Waals surface area contributed by atoms with Gasteiger partial charge in [0.1, 0.15) is 0 Å². The van der Waals surface area contributed by atoms with Crippen molar-refractivity contribution in [1.82, 2.24) is 5.32 Å². The molecule has 112 valence electrons. The molecule has 2 rings (SSSR count). The summed E-state index contributed by atoms with van der Waals surface area (Å²) in [6.45, 7) is 0. The zero-order valence-corrected chi connectivity index (χ0v) is 10.9. The maximum Gasteiger partial charge on any atom is 0.305 e. The number of nitro groups is 1. The second kappa shape index (κ2) is 5.86. The zero-order chi connectivity index (χ0) is 15.6. The van der Waals surface area contributed by atoms with Gasteiger partial charge in [0.05, 0.1) is 11.3 Å². The third-order valence-electron chi connectivity index (χ3n) is 3.31. The summed E-state index contributed by atoms with van der Waals surface area (Å²) in [4.78, 5) is 32.5. The molecule has 21 heavy (non-hydrogen) atoms. The normalized spacial score (nSPS) is 15.3. The molecule has 0 aliphatic heterocycles. The number of nitro benzene ring substituents is 1. The number of aliphatic carboxylic acids is 1. The van der Waals surface area contributed by atoms with Gasteiger partial charge >= 0.3 is 11.7 Å². The summed E-state index contributed by atoms with van der Waals surface area (Å²) < 4.78 is 13.2. The van der Waals surface area contributed by atoms with Gasteiger partial charge in [-0.25, -0.2) is 0 Å². The average Bonchev–Trinajstić information content (AvgIpc) is 3.21. The SMILES string of the molecule is O=C(O)CC(NC(=O)c1ccc(F)c([N+](=O)[O-])c1)C1CC1. The van der Waals surface area contributed by atoms with Crippen LogP contribution in [-0.2, 0) is 4.79 Å². The summed E-state index contributed by atoms with van der Waals surface area (Å²) in [7, 11) is 0. The van der Waals surface area contributed by atoms with Crippen molar-refractivity contribution in [2.75, 3.05) is 0 Å². The lowest BCUT2D eigenvalue weighted by Crippen LogP contribution is -2.38. The maximum atomic E-state index is 13.2. The smallest absolute Gasteiger partial charge is 0.305 e. The van der Waals surface area contributed by atoms with Gasteiger partial charge in [-0.1, -0.05) is 0 Å². The van der Waals surface area contributed by atoms with E-state index in [9.17, 15) is 24.1 Å². The van der Waals surface area contributed by atoms with Crippen LogP contribution in [0.5, 0.6) is 0 Å². The number of rotatable bonds is 6. The first-order chi connectivity index (χ1) is 9.88.